The molecule has 0 saturated heterocycles. The average Bonchev–Trinajstić information content (AvgIpc) is 2.34. The highest BCUT2D eigenvalue weighted by atomic mass is 16.2. The van der Waals surface area contributed by atoms with E-state index in [4.69, 9.17) is 5.73 Å². The van der Waals surface area contributed by atoms with Crippen LogP contribution < -0.4 is 5.73 Å². The fraction of sp³-hybridized carbons (Fsp3) is 0.933. The first-order valence-electron chi connectivity index (χ1n) is 7.55. The third-order valence-corrected chi connectivity index (χ3v) is 4.48. The van der Waals surface area contributed by atoms with Crippen LogP contribution in [0.4, 0.5) is 0 Å². The van der Waals surface area contributed by atoms with Crippen molar-refractivity contribution in [3.05, 3.63) is 0 Å². The van der Waals surface area contributed by atoms with E-state index in [0.717, 1.165) is 38.8 Å². The Balaban J connectivity index is 2.63. The number of unbranched alkanes of at least 4 members (excludes halogenated alkanes) is 1. The molecule has 3 nitrogen and oxygen atoms in total. The van der Waals surface area contributed by atoms with Crippen molar-refractivity contribution in [3.8, 4) is 0 Å². The number of amides is 1. The molecule has 2 N–H and O–H groups in total. The molecule has 0 aromatic heterocycles. The SMILES string of the molecule is CCCCN(CC)C(=O)C1CC(N)C(C)CC1C. The first kappa shape index (κ1) is 15.5. The van der Waals surface area contributed by atoms with Crippen LogP contribution in [-0.2, 0) is 4.79 Å². The Morgan fingerprint density at radius 1 is 1.22 bits per heavy atom. The number of nitrogens with zero attached hydrogens (tertiary/aromatic N) is 1. The summed E-state index contributed by atoms with van der Waals surface area (Å²) < 4.78 is 0. The average molecular weight is 254 g/mol. The summed E-state index contributed by atoms with van der Waals surface area (Å²) in [5.41, 5.74) is 6.14. The van der Waals surface area contributed by atoms with Crippen LogP contribution in [0, 0.1) is 17.8 Å². The minimum atomic E-state index is 0.146. The van der Waals surface area contributed by atoms with E-state index in [1.165, 1.54) is 0 Å². The van der Waals surface area contributed by atoms with Gasteiger partial charge in [0.05, 0.1) is 0 Å². The lowest BCUT2D eigenvalue weighted by Crippen LogP contribution is -2.46. The molecule has 0 aromatic rings. The Kier molecular flexibility index (Phi) is 6.13. The highest BCUT2D eigenvalue weighted by molar-refractivity contribution is 5.79. The topological polar surface area (TPSA) is 46.3 Å². The second-order valence-corrected chi connectivity index (χ2v) is 5.97. The molecule has 0 spiro atoms. The van der Waals surface area contributed by atoms with Crippen molar-refractivity contribution in [1.29, 1.82) is 0 Å². The monoisotopic (exact) mass is 254 g/mol. The molecule has 0 aliphatic heterocycles. The maximum absolute atomic E-state index is 12.6. The fourth-order valence-corrected chi connectivity index (χ4v) is 3.04. The van der Waals surface area contributed by atoms with Gasteiger partial charge in [-0.3, -0.25) is 4.79 Å². The summed E-state index contributed by atoms with van der Waals surface area (Å²) in [6.07, 6.45) is 4.19. The summed E-state index contributed by atoms with van der Waals surface area (Å²) in [6, 6.07) is 0.194. The molecule has 0 radical (unpaired) electrons. The molecule has 1 saturated carbocycles. The lowest BCUT2D eigenvalue weighted by Gasteiger charge is -2.38. The summed E-state index contributed by atoms with van der Waals surface area (Å²) >= 11 is 0. The zero-order valence-electron chi connectivity index (χ0n) is 12.5. The van der Waals surface area contributed by atoms with E-state index >= 15 is 0 Å². The summed E-state index contributed by atoms with van der Waals surface area (Å²) in [6.45, 7) is 10.4. The van der Waals surface area contributed by atoms with Crippen LogP contribution in [0.25, 0.3) is 0 Å². The second-order valence-electron chi connectivity index (χ2n) is 5.97. The van der Waals surface area contributed by atoms with Gasteiger partial charge in [0.15, 0.2) is 0 Å². The molecule has 0 bridgehead atoms. The van der Waals surface area contributed by atoms with E-state index in [2.05, 4.69) is 27.7 Å². The van der Waals surface area contributed by atoms with Crippen molar-refractivity contribution >= 4 is 5.91 Å². The molecule has 0 heterocycles. The van der Waals surface area contributed by atoms with Gasteiger partial charge in [0.1, 0.15) is 0 Å². The number of carbonyl (C=O) groups is 1. The van der Waals surface area contributed by atoms with Crippen molar-refractivity contribution in [3.63, 3.8) is 0 Å². The number of nitrogens with two attached hydrogens (primary N) is 1. The molecule has 106 valence electrons. The van der Waals surface area contributed by atoms with Crippen LogP contribution >= 0.6 is 0 Å². The molecule has 1 aliphatic carbocycles. The van der Waals surface area contributed by atoms with Crippen LogP contribution in [-0.4, -0.2) is 29.9 Å². The quantitative estimate of drug-likeness (QED) is 0.820. The standard InChI is InChI=1S/C15H30N2O/c1-5-7-8-17(6-2)15(18)13-10-14(16)12(4)9-11(13)3/h11-14H,5-10,16H2,1-4H3. The first-order chi connectivity index (χ1) is 8.51. The Hall–Kier alpha value is -0.570. The predicted octanol–water partition coefficient (Wildman–Crippen LogP) is 2.64. The molecule has 1 amide bonds. The van der Waals surface area contributed by atoms with E-state index < -0.39 is 0 Å². The summed E-state index contributed by atoms with van der Waals surface area (Å²) in [7, 11) is 0. The molecule has 1 rings (SSSR count). The van der Waals surface area contributed by atoms with E-state index in [-0.39, 0.29) is 12.0 Å². The first-order valence-corrected chi connectivity index (χ1v) is 7.55. The maximum atomic E-state index is 12.6. The molecule has 4 unspecified atom stereocenters. The Labute approximate surface area is 112 Å². The van der Waals surface area contributed by atoms with Crippen LogP contribution in [0.5, 0.6) is 0 Å². The molecule has 0 aromatic carbocycles. The summed E-state index contributed by atoms with van der Waals surface area (Å²) in [5.74, 6) is 1.51. The van der Waals surface area contributed by atoms with Gasteiger partial charge < -0.3 is 10.6 Å². The number of hydrogen-bond acceptors (Lipinski definition) is 2. The number of carbonyl (C=O) groups excluding carboxylic acids is 1. The molecule has 1 fully saturated rings. The molecular formula is C15H30N2O. The van der Waals surface area contributed by atoms with Gasteiger partial charge in [-0.2, -0.15) is 0 Å². The van der Waals surface area contributed by atoms with E-state index in [9.17, 15) is 4.79 Å². The zero-order chi connectivity index (χ0) is 13.7. The Morgan fingerprint density at radius 3 is 2.44 bits per heavy atom. The van der Waals surface area contributed by atoms with Crippen molar-refractivity contribution in [1.82, 2.24) is 4.90 Å². The zero-order valence-corrected chi connectivity index (χ0v) is 12.5. The lowest BCUT2D eigenvalue weighted by molar-refractivity contribution is -0.138. The molecule has 4 atom stereocenters. The van der Waals surface area contributed by atoms with Gasteiger partial charge in [-0.1, -0.05) is 27.2 Å². The Bertz CT molecular complexity index is 267. The van der Waals surface area contributed by atoms with Crippen LogP contribution in [0.2, 0.25) is 0 Å². The van der Waals surface area contributed by atoms with Crippen LogP contribution in [0.15, 0.2) is 0 Å². The maximum Gasteiger partial charge on any atom is 0.225 e. The summed E-state index contributed by atoms with van der Waals surface area (Å²) in [5, 5.41) is 0. The van der Waals surface area contributed by atoms with E-state index in [1.807, 2.05) is 4.90 Å². The van der Waals surface area contributed by atoms with Crippen molar-refractivity contribution in [2.75, 3.05) is 13.1 Å². The third kappa shape index (κ3) is 3.71. The van der Waals surface area contributed by atoms with Gasteiger partial charge in [0.25, 0.3) is 0 Å². The summed E-state index contributed by atoms with van der Waals surface area (Å²) in [4.78, 5) is 14.6. The van der Waals surface area contributed by atoms with Gasteiger partial charge >= 0.3 is 0 Å². The third-order valence-electron chi connectivity index (χ3n) is 4.48. The van der Waals surface area contributed by atoms with Crippen LogP contribution in [0.1, 0.15) is 53.4 Å². The highest BCUT2D eigenvalue weighted by Crippen LogP contribution is 2.34. The van der Waals surface area contributed by atoms with Gasteiger partial charge in [-0.05, 0) is 38.0 Å². The van der Waals surface area contributed by atoms with Gasteiger partial charge in [-0.15, -0.1) is 0 Å². The number of hydrogen-bond donors (Lipinski definition) is 1. The van der Waals surface area contributed by atoms with Gasteiger partial charge in [0.2, 0.25) is 5.91 Å². The van der Waals surface area contributed by atoms with Crippen molar-refractivity contribution in [2.24, 2.45) is 23.5 Å². The molecule has 1 aliphatic rings. The minimum absolute atomic E-state index is 0.146. The van der Waals surface area contributed by atoms with Crippen molar-refractivity contribution < 1.29 is 4.79 Å². The number of rotatable bonds is 5. The van der Waals surface area contributed by atoms with Gasteiger partial charge in [0, 0.05) is 25.0 Å². The normalized spacial score (nSPS) is 32.3. The van der Waals surface area contributed by atoms with E-state index in [0.29, 0.717) is 17.7 Å². The van der Waals surface area contributed by atoms with E-state index in [1.54, 1.807) is 0 Å². The lowest BCUT2D eigenvalue weighted by atomic mass is 9.72. The van der Waals surface area contributed by atoms with Gasteiger partial charge in [-0.25, -0.2) is 0 Å². The fourth-order valence-electron chi connectivity index (χ4n) is 3.04. The minimum Gasteiger partial charge on any atom is -0.343 e. The van der Waals surface area contributed by atoms with Crippen LogP contribution in [0.3, 0.4) is 0 Å². The predicted molar refractivity (Wildman–Crippen MR) is 76.2 cm³/mol. The largest absolute Gasteiger partial charge is 0.343 e. The molecule has 3 heteroatoms. The highest BCUT2D eigenvalue weighted by Gasteiger charge is 2.36. The smallest absolute Gasteiger partial charge is 0.225 e. The second kappa shape index (κ2) is 7.13. The molecular weight excluding hydrogens is 224 g/mol. The van der Waals surface area contributed by atoms with Crippen molar-refractivity contribution in [2.45, 2.75) is 59.4 Å². The molecule has 18 heavy (non-hydrogen) atoms. The Morgan fingerprint density at radius 2 is 1.89 bits per heavy atom.